The van der Waals surface area contributed by atoms with Gasteiger partial charge in [0.2, 0.25) is 0 Å². The van der Waals surface area contributed by atoms with Gasteiger partial charge in [-0.25, -0.2) is 13.2 Å². The van der Waals surface area contributed by atoms with E-state index < -0.39 is 17.5 Å². The molecule has 1 nitrogen and oxygen atoms in total. The Balaban J connectivity index is 2.52. The summed E-state index contributed by atoms with van der Waals surface area (Å²) >= 11 is 3.16. The van der Waals surface area contributed by atoms with Crippen molar-refractivity contribution in [1.29, 1.82) is 0 Å². The summed E-state index contributed by atoms with van der Waals surface area (Å²) in [5, 5.41) is 0.368. The zero-order valence-corrected chi connectivity index (χ0v) is 12.4. The van der Waals surface area contributed by atoms with Crippen LogP contribution in [0.15, 0.2) is 36.4 Å². The Morgan fingerprint density at radius 3 is 2.20 bits per heavy atom. The maximum absolute atomic E-state index is 14.1. The number of anilines is 2. The number of benzene rings is 2. The van der Waals surface area contributed by atoms with Gasteiger partial charge in [0.15, 0.2) is 0 Å². The summed E-state index contributed by atoms with van der Waals surface area (Å²) in [6, 6.07) is 8.21. The maximum atomic E-state index is 14.1. The fraction of sp³-hybridized carbons (Fsp3) is 0.200. The van der Waals surface area contributed by atoms with Gasteiger partial charge < -0.3 is 4.90 Å². The smallest absolute Gasteiger partial charge is 0.150 e. The highest BCUT2D eigenvalue weighted by molar-refractivity contribution is 9.08. The van der Waals surface area contributed by atoms with E-state index in [0.717, 1.165) is 0 Å². The van der Waals surface area contributed by atoms with Crippen molar-refractivity contribution in [3.63, 3.8) is 0 Å². The molecule has 0 atom stereocenters. The molecule has 0 bridgehead atoms. The fourth-order valence-electron chi connectivity index (χ4n) is 2.07. The Morgan fingerprint density at radius 2 is 1.70 bits per heavy atom. The van der Waals surface area contributed by atoms with Crippen LogP contribution in [0.25, 0.3) is 0 Å². The van der Waals surface area contributed by atoms with Gasteiger partial charge in [-0.1, -0.05) is 22.0 Å². The minimum absolute atomic E-state index is 0.164. The van der Waals surface area contributed by atoms with Gasteiger partial charge in [0.25, 0.3) is 0 Å². The fourth-order valence-corrected chi connectivity index (χ4v) is 2.39. The third-order valence-electron chi connectivity index (χ3n) is 2.94. The standard InChI is InChI=1S/C15H13BrF3N/c1-2-20(12-5-3-4-11(17)8-12)15-13(18)6-10(9-16)7-14(15)19/h3-8H,2,9H2,1H3. The third-order valence-corrected chi connectivity index (χ3v) is 3.58. The first-order valence-corrected chi connectivity index (χ1v) is 7.26. The summed E-state index contributed by atoms with van der Waals surface area (Å²) in [5.74, 6) is -1.77. The van der Waals surface area contributed by atoms with Crippen LogP contribution in [0.4, 0.5) is 24.5 Å². The SMILES string of the molecule is CCN(c1cccc(F)c1)c1c(F)cc(CBr)cc1F. The first kappa shape index (κ1) is 14.9. The van der Waals surface area contributed by atoms with Gasteiger partial charge in [-0.05, 0) is 42.8 Å². The van der Waals surface area contributed by atoms with Crippen LogP contribution in [0, 0.1) is 17.5 Å². The quantitative estimate of drug-likeness (QED) is 0.693. The molecule has 0 aliphatic rings. The molecular formula is C15H13BrF3N. The lowest BCUT2D eigenvalue weighted by molar-refractivity contribution is 0.578. The van der Waals surface area contributed by atoms with Gasteiger partial charge in [0, 0.05) is 17.6 Å². The van der Waals surface area contributed by atoms with E-state index in [-0.39, 0.29) is 5.69 Å². The molecular weight excluding hydrogens is 331 g/mol. The van der Waals surface area contributed by atoms with E-state index in [1.807, 2.05) is 0 Å². The summed E-state index contributed by atoms with van der Waals surface area (Å²) in [7, 11) is 0. The Morgan fingerprint density at radius 1 is 1.05 bits per heavy atom. The van der Waals surface area contributed by atoms with Crippen molar-refractivity contribution in [2.24, 2.45) is 0 Å². The Bertz CT molecular complexity index is 593. The Labute approximate surface area is 124 Å². The molecule has 0 fully saturated rings. The van der Waals surface area contributed by atoms with Crippen LogP contribution in [0.2, 0.25) is 0 Å². The molecule has 0 heterocycles. The second-order valence-corrected chi connectivity index (χ2v) is 4.83. The maximum Gasteiger partial charge on any atom is 0.150 e. The average molecular weight is 344 g/mol. The second-order valence-electron chi connectivity index (χ2n) is 4.27. The van der Waals surface area contributed by atoms with Gasteiger partial charge in [-0.2, -0.15) is 0 Å². The number of halogens is 4. The van der Waals surface area contributed by atoms with Crippen molar-refractivity contribution in [2.75, 3.05) is 11.4 Å². The first-order valence-electron chi connectivity index (χ1n) is 6.13. The molecule has 0 aliphatic carbocycles. The number of nitrogens with zero attached hydrogens (tertiary/aromatic N) is 1. The molecule has 2 aromatic carbocycles. The molecule has 0 radical (unpaired) electrons. The van der Waals surface area contributed by atoms with Crippen molar-refractivity contribution in [1.82, 2.24) is 0 Å². The van der Waals surface area contributed by atoms with Crippen LogP contribution in [-0.4, -0.2) is 6.54 Å². The van der Waals surface area contributed by atoms with Crippen molar-refractivity contribution < 1.29 is 13.2 Å². The molecule has 2 rings (SSSR count). The van der Waals surface area contributed by atoms with Crippen molar-refractivity contribution in [3.05, 3.63) is 59.4 Å². The zero-order chi connectivity index (χ0) is 14.7. The molecule has 5 heteroatoms. The largest absolute Gasteiger partial charge is 0.337 e. The zero-order valence-electron chi connectivity index (χ0n) is 10.8. The number of hydrogen-bond donors (Lipinski definition) is 0. The average Bonchev–Trinajstić information content (AvgIpc) is 2.42. The van der Waals surface area contributed by atoms with E-state index in [0.29, 0.717) is 23.1 Å². The lowest BCUT2D eigenvalue weighted by atomic mass is 10.1. The number of rotatable bonds is 4. The normalized spacial score (nSPS) is 10.7. The van der Waals surface area contributed by atoms with Crippen LogP contribution >= 0.6 is 15.9 Å². The van der Waals surface area contributed by atoms with Crippen LogP contribution in [-0.2, 0) is 5.33 Å². The van der Waals surface area contributed by atoms with E-state index in [1.54, 1.807) is 13.0 Å². The molecule has 0 unspecified atom stereocenters. The van der Waals surface area contributed by atoms with Gasteiger partial charge in [0.1, 0.15) is 23.1 Å². The van der Waals surface area contributed by atoms with Gasteiger partial charge in [-0.3, -0.25) is 0 Å². The third kappa shape index (κ3) is 2.98. The molecule has 0 aliphatic heterocycles. The summed E-state index contributed by atoms with van der Waals surface area (Å²) in [4.78, 5) is 1.41. The minimum Gasteiger partial charge on any atom is -0.337 e. The van der Waals surface area contributed by atoms with Crippen LogP contribution in [0.1, 0.15) is 12.5 Å². The molecule has 0 spiro atoms. The molecule has 0 amide bonds. The van der Waals surface area contributed by atoms with Crippen LogP contribution < -0.4 is 4.90 Å². The lowest BCUT2D eigenvalue weighted by Crippen LogP contribution is -2.19. The highest BCUT2D eigenvalue weighted by atomic mass is 79.9. The Hall–Kier alpha value is -1.49. The molecule has 0 aromatic heterocycles. The molecule has 0 saturated heterocycles. The monoisotopic (exact) mass is 343 g/mol. The van der Waals surface area contributed by atoms with E-state index >= 15 is 0 Å². The molecule has 0 saturated carbocycles. The summed E-state index contributed by atoms with van der Waals surface area (Å²) in [5.41, 5.74) is 0.763. The van der Waals surface area contributed by atoms with Crippen molar-refractivity contribution >= 4 is 27.3 Å². The van der Waals surface area contributed by atoms with E-state index in [9.17, 15) is 13.2 Å². The lowest BCUT2D eigenvalue weighted by Gasteiger charge is -2.24. The van der Waals surface area contributed by atoms with Crippen LogP contribution in [0.3, 0.4) is 0 Å². The van der Waals surface area contributed by atoms with Gasteiger partial charge >= 0.3 is 0 Å². The molecule has 2 aromatic rings. The van der Waals surface area contributed by atoms with E-state index in [1.165, 1.54) is 35.2 Å². The van der Waals surface area contributed by atoms with E-state index in [4.69, 9.17) is 0 Å². The highest BCUT2D eigenvalue weighted by Gasteiger charge is 2.18. The topological polar surface area (TPSA) is 3.24 Å². The van der Waals surface area contributed by atoms with Crippen LogP contribution in [0.5, 0.6) is 0 Å². The molecule has 106 valence electrons. The van der Waals surface area contributed by atoms with Gasteiger partial charge in [0.05, 0.1) is 0 Å². The minimum atomic E-state index is -0.662. The summed E-state index contributed by atoms with van der Waals surface area (Å²) < 4.78 is 41.5. The molecule has 0 N–H and O–H groups in total. The van der Waals surface area contributed by atoms with Gasteiger partial charge in [-0.15, -0.1) is 0 Å². The summed E-state index contributed by atoms with van der Waals surface area (Å²) in [6.45, 7) is 2.08. The van der Waals surface area contributed by atoms with Crippen molar-refractivity contribution in [2.45, 2.75) is 12.3 Å². The second kappa shape index (κ2) is 6.31. The number of hydrogen-bond acceptors (Lipinski definition) is 1. The molecule has 20 heavy (non-hydrogen) atoms. The predicted octanol–water partition coefficient (Wildman–Crippen LogP) is 5.16. The first-order chi connectivity index (χ1) is 9.56. The van der Waals surface area contributed by atoms with Crippen molar-refractivity contribution in [3.8, 4) is 0 Å². The predicted molar refractivity (Wildman–Crippen MR) is 78.1 cm³/mol. The Kier molecular flexibility index (Phi) is 4.70. The highest BCUT2D eigenvalue weighted by Crippen LogP contribution is 2.31. The summed E-state index contributed by atoms with van der Waals surface area (Å²) in [6.07, 6.45) is 0. The number of alkyl halides is 1. The van der Waals surface area contributed by atoms with E-state index in [2.05, 4.69) is 15.9 Å².